The van der Waals surface area contributed by atoms with Crippen molar-refractivity contribution in [1.29, 1.82) is 0 Å². The quantitative estimate of drug-likeness (QED) is 0.421. The molecule has 7 nitrogen and oxygen atoms in total. The predicted molar refractivity (Wildman–Crippen MR) is 133 cm³/mol. The summed E-state index contributed by atoms with van der Waals surface area (Å²) in [6.45, 7) is 0.211. The molecule has 0 aliphatic rings. The van der Waals surface area contributed by atoms with Crippen molar-refractivity contribution in [2.24, 2.45) is 5.73 Å². The SMILES string of the molecule is COc1ccc(Cn2c(=O)c(C(N)=O)cc3c(NC(=O)Cc4ccc(Cl)cc4)cccc32)cc1. The molecule has 3 N–H and O–H groups in total. The number of primary amides is 1. The van der Waals surface area contributed by atoms with Gasteiger partial charge in [-0.3, -0.25) is 14.4 Å². The first kappa shape index (κ1) is 23.1. The van der Waals surface area contributed by atoms with E-state index in [0.717, 1.165) is 11.1 Å². The van der Waals surface area contributed by atoms with Crippen LogP contribution in [0.4, 0.5) is 5.69 Å². The number of anilines is 1. The van der Waals surface area contributed by atoms with Crippen molar-refractivity contribution in [3.63, 3.8) is 0 Å². The Kier molecular flexibility index (Phi) is 6.65. The van der Waals surface area contributed by atoms with Gasteiger partial charge in [-0.2, -0.15) is 0 Å². The molecule has 8 heteroatoms. The minimum Gasteiger partial charge on any atom is -0.497 e. The summed E-state index contributed by atoms with van der Waals surface area (Å²) in [5.74, 6) is -0.390. The van der Waals surface area contributed by atoms with E-state index in [4.69, 9.17) is 22.1 Å². The van der Waals surface area contributed by atoms with Crippen LogP contribution in [0.2, 0.25) is 5.02 Å². The van der Waals surface area contributed by atoms with Gasteiger partial charge in [0, 0.05) is 10.4 Å². The van der Waals surface area contributed by atoms with Crippen molar-refractivity contribution in [1.82, 2.24) is 4.57 Å². The van der Waals surface area contributed by atoms with Gasteiger partial charge in [-0.1, -0.05) is 41.9 Å². The summed E-state index contributed by atoms with van der Waals surface area (Å²) < 4.78 is 6.67. The molecule has 0 atom stereocenters. The number of nitrogens with zero attached hydrogens (tertiary/aromatic N) is 1. The van der Waals surface area contributed by atoms with Crippen LogP contribution in [-0.2, 0) is 17.8 Å². The molecule has 3 aromatic carbocycles. The lowest BCUT2D eigenvalue weighted by molar-refractivity contribution is -0.115. The lowest BCUT2D eigenvalue weighted by Gasteiger charge is -2.15. The first-order valence-corrected chi connectivity index (χ1v) is 10.9. The number of benzene rings is 3. The Morgan fingerprint density at radius 3 is 2.32 bits per heavy atom. The Bertz CT molecular complexity index is 1430. The van der Waals surface area contributed by atoms with Crippen LogP contribution in [0.5, 0.6) is 5.75 Å². The molecule has 2 amide bonds. The van der Waals surface area contributed by atoms with Crippen molar-refractivity contribution in [2.75, 3.05) is 12.4 Å². The number of rotatable bonds is 7. The van der Waals surface area contributed by atoms with Crippen LogP contribution in [0, 0.1) is 0 Å². The van der Waals surface area contributed by atoms with Crippen molar-refractivity contribution in [3.8, 4) is 5.75 Å². The second-order valence-corrected chi connectivity index (χ2v) is 8.19. The van der Waals surface area contributed by atoms with Gasteiger partial charge in [0.1, 0.15) is 11.3 Å². The number of amides is 2. The zero-order valence-electron chi connectivity index (χ0n) is 18.4. The Labute approximate surface area is 200 Å². The van der Waals surface area contributed by atoms with Gasteiger partial charge in [0.25, 0.3) is 11.5 Å². The van der Waals surface area contributed by atoms with E-state index in [0.29, 0.717) is 27.4 Å². The van der Waals surface area contributed by atoms with Gasteiger partial charge in [-0.05, 0) is 53.6 Å². The highest BCUT2D eigenvalue weighted by atomic mass is 35.5. The number of carbonyl (C=O) groups is 2. The van der Waals surface area contributed by atoms with Crippen molar-refractivity contribution in [3.05, 3.63) is 105 Å². The van der Waals surface area contributed by atoms with Gasteiger partial charge in [0.2, 0.25) is 5.91 Å². The summed E-state index contributed by atoms with van der Waals surface area (Å²) >= 11 is 5.91. The van der Waals surface area contributed by atoms with Crippen LogP contribution in [0.1, 0.15) is 21.5 Å². The van der Waals surface area contributed by atoms with Gasteiger partial charge >= 0.3 is 0 Å². The molecule has 172 valence electrons. The molecule has 0 spiro atoms. The summed E-state index contributed by atoms with van der Waals surface area (Å²) in [4.78, 5) is 37.9. The average Bonchev–Trinajstić information content (AvgIpc) is 2.82. The highest BCUT2D eigenvalue weighted by Gasteiger charge is 2.17. The monoisotopic (exact) mass is 475 g/mol. The number of halogens is 1. The van der Waals surface area contributed by atoms with Crippen molar-refractivity contribution in [2.45, 2.75) is 13.0 Å². The molecule has 0 fully saturated rings. The third kappa shape index (κ3) is 4.94. The number of nitrogens with one attached hydrogen (secondary N) is 1. The van der Waals surface area contributed by atoms with E-state index in [1.165, 1.54) is 10.6 Å². The van der Waals surface area contributed by atoms with Crippen molar-refractivity contribution < 1.29 is 14.3 Å². The standard InChI is InChI=1S/C26H22ClN3O4/c1-34-19-11-7-17(8-12-19)15-30-23-4-2-3-22(20(23)14-21(25(28)32)26(30)33)29-24(31)13-16-5-9-18(27)10-6-16/h2-12,14H,13,15H2,1H3,(H2,28,32)(H,29,31). The predicted octanol–water partition coefficient (Wildman–Crippen LogP) is 3.99. The number of aromatic nitrogens is 1. The van der Waals surface area contributed by atoms with E-state index in [9.17, 15) is 14.4 Å². The lowest BCUT2D eigenvalue weighted by Crippen LogP contribution is -2.30. The highest BCUT2D eigenvalue weighted by molar-refractivity contribution is 6.30. The van der Waals surface area contributed by atoms with Gasteiger partial charge < -0.3 is 20.4 Å². The zero-order chi connectivity index (χ0) is 24.2. The van der Waals surface area contributed by atoms with E-state index in [2.05, 4.69) is 5.32 Å². The van der Waals surface area contributed by atoms with Crippen LogP contribution in [0.25, 0.3) is 10.9 Å². The molecule has 1 heterocycles. The maximum Gasteiger partial charge on any atom is 0.264 e. The molecule has 0 unspecified atom stereocenters. The second-order valence-electron chi connectivity index (χ2n) is 7.75. The molecule has 0 aliphatic heterocycles. The molecular formula is C26H22ClN3O4. The molecule has 34 heavy (non-hydrogen) atoms. The maximum atomic E-state index is 13.1. The molecule has 4 rings (SSSR count). The van der Waals surface area contributed by atoms with E-state index in [1.54, 1.807) is 61.7 Å². The Hall–Kier alpha value is -4.10. The summed E-state index contributed by atoms with van der Waals surface area (Å²) in [7, 11) is 1.58. The number of fused-ring (bicyclic) bond motifs is 1. The molecule has 1 aromatic heterocycles. The summed E-state index contributed by atoms with van der Waals surface area (Å²) in [5.41, 5.74) is 7.53. The number of methoxy groups -OCH3 is 1. The molecular weight excluding hydrogens is 454 g/mol. The average molecular weight is 476 g/mol. The maximum absolute atomic E-state index is 13.1. The molecule has 0 saturated carbocycles. The summed E-state index contributed by atoms with van der Waals surface area (Å²) in [5, 5.41) is 4.01. The van der Waals surface area contributed by atoms with E-state index < -0.39 is 11.5 Å². The minimum atomic E-state index is -0.835. The number of nitrogens with two attached hydrogens (primary N) is 1. The third-order valence-corrected chi connectivity index (χ3v) is 5.71. The van der Waals surface area contributed by atoms with Crippen LogP contribution >= 0.6 is 11.6 Å². The fraction of sp³-hybridized carbons (Fsp3) is 0.115. The molecule has 0 bridgehead atoms. The van der Waals surface area contributed by atoms with Crippen LogP contribution < -0.4 is 21.3 Å². The first-order valence-electron chi connectivity index (χ1n) is 10.5. The Balaban J connectivity index is 1.74. The van der Waals surface area contributed by atoms with Crippen LogP contribution in [0.3, 0.4) is 0 Å². The Morgan fingerprint density at radius 1 is 1.00 bits per heavy atom. The van der Waals surface area contributed by atoms with E-state index in [1.807, 2.05) is 12.1 Å². The Morgan fingerprint density at radius 2 is 1.68 bits per heavy atom. The molecule has 4 aromatic rings. The van der Waals surface area contributed by atoms with E-state index in [-0.39, 0.29) is 24.4 Å². The van der Waals surface area contributed by atoms with Crippen molar-refractivity contribution >= 4 is 40.0 Å². The molecule has 0 saturated heterocycles. The fourth-order valence-electron chi connectivity index (χ4n) is 3.74. The van der Waals surface area contributed by atoms with Crippen LogP contribution in [0.15, 0.2) is 77.6 Å². The lowest BCUT2D eigenvalue weighted by atomic mass is 10.1. The third-order valence-electron chi connectivity index (χ3n) is 5.46. The largest absolute Gasteiger partial charge is 0.497 e. The number of hydrogen-bond donors (Lipinski definition) is 2. The second kappa shape index (κ2) is 9.80. The van der Waals surface area contributed by atoms with Gasteiger partial charge in [0.05, 0.1) is 31.3 Å². The molecule has 0 radical (unpaired) electrons. The van der Waals surface area contributed by atoms with Gasteiger partial charge in [0.15, 0.2) is 0 Å². The molecule has 0 aliphatic carbocycles. The topological polar surface area (TPSA) is 103 Å². The first-order chi connectivity index (χ1) is 16.4. The highest BCUT2D eigenvalue weighted by Crippen LogP contribution is 2.25. The van der Waals surface area contributed by atoms with Gasteiger partial charge in [-0.25, -0.2) is 0 Å². The summed E-state index contributed by atoms with van der Waals surface area (Å²) in [6, 6.07) is 20.9. The van der Waals surface area contributed by atoms with Gasteiger partial charge in [-0.15, -0.1) is 0 Å². The van der Waals surface area contributed by atoms with E-state index >= 15 is 0 Å². The normalized spacial score (nSPS) is 10.8. The zero-order valence-corrected chi connectivity index (χ0v) is 19.1. The number of pyridine rings is 1. The number of ether oxygens (including phenoxy) is 1. The fourth-order valence-corrected chi connectivity index (χ4v) is 3.87. The number of carbonyl (C=O) groups excluding carboxylic acids is 2. The summed E-state index contributed by atoms with van der Waals surface area (Å²) in [6.07, 6.45) is 0.141. The minimum absolute atomic E-state index is 0.141. The number of hydrogen-bond acceptors (Lipinski definition) is 4. The van der Waals surface area contributed by atoms with Crippen LogP contribution in [-0.4, -0.2) is 23.5 Å². The smallest absolute Gasteiger partial charge is 0.264 e.